The number of nitrogens with zero attached hydrogens (tertiary/aromatic N) is 1. The van der Waals surface area contributed by atoms with E-state index in [2.05, 4.69) is 5.32 Å². The zero-order chi connectivity index (χ0) is 13.1. The van der Waals surface area contributed by atoms with Crippen molar-refractivity contribution in [2.75, 3.05) is 20.2 Å². The second kappa shape index (κ2) is 5.14. The van der Waals surface area contributed by atoms with Crippen molar-refractivity contribution in [3.8, 4) is 0 Å². The first-order chi connectivity index (χ1) is 8.65. The average Bonchev–Trinajstić information content (AvgIpc) is 2.86. The van der Waals surface area contributed by atoms with Crippen LogP contribution in [-0.2, 0) is 9.53 Å². The molecule has 1 aromatic carbocycles. The fourth-order valence-electron chi connectivity index (χ4n) is 2.37. The average molecular weight is 250 g/mol. The van der Waals surface area contributed by atoms with E-state index in [0.29, 0.717) is 18.7 Å². The van der Waals surface area contributed by atoms with E-state index in [1.54, 1.807) is 18.2 Å². The van der Waals surface area contributed by atoms with Gasteiger partial charge in [-0.15, -0.1) is 0 Å². The third-order valence-corrected chi connectivity index (χ3v) is 3.25. The van der Waals surface area contributed by atoms with Crippen molar-refractivity contribution in [3.05, 3.63) is 39.9 Å². The van der Waals surface area contributed by atoms with Crippen molar-refractivity contribution in [2.45, 2.75) is 5.92 Å². The van der Waals surface area contributed by atoms with Crippen molar-refractivity contribution < 1.29 is 14.5 Å². The largest absolute Gasteiger partial charge is 0.469 e. The van der Waals surface area contributed by atoms with Gasteiger partial charge in [-0.3, -0.25) is 14.9 Å². The molecule has 1 saturated heterocycles. The third kappa shape index (κ3) is 2.19. The molecule has 6 nitrogen and oxygen atoms in total. The summed E-state index contributed by atoms with van der Waals surface area (Å²) in [4.78, 5) is 22.2. The van der Waals surface area contributed by atoms with Gasteiger partial charge in [0.2, 0.25) is 0 Å². The lowest BCUT2D eigenvalue weighted by Crippen LogP contribution is -2.23. The summed E-state index contributed by atoms with van der Waals surface area (Å²) in [5, 5.41) is 14.1. The SMILES string of the molecule is COC(=O)[C@H]1CNC[C@@H]1c1ccccc1[N+](=O)[O-]. The molecule has 6 heteroatoms. The molecule has 0 aromatic heterocycles. The van der Waals surface area contributed by atoms with Gasteiger partial charge >= 0.3 is 5.97 Å². The van der Waals surface area contributed by atoms with Gasteiger partial charge in [-0.1, -0.05) is 18.2 Å². The normalized spacial score (nSPS) is 22.7. The topological polar surface area (TPSA) is 81.5 Å². The zero-order valence-corrected chi connectivity index (χ0v) is 9.96. The van der Waals surface area contributed by atoms with Crippen molar-refractivity contribution in [1.29, 1.82) is 0 Å². The fraction of sp³-hybridized carbons (Fsp3) is 0.417. The summed E-state index contributed by atoms with van der Waals surface area (Å²) in [6, 6.07) is 6.53. The Hall–Kier alpha value is -1.95. The van der Waals surface area contributed by atoms with Crippen LogP contribution in [0.15, 0.2) is 24.3 Å². The number of para-hydroxylation sites is 1. The van der Waals surface area contributed by atoms with E-state index >= 15 is 0 Å². The Morgan fingerprint density at radius 1 is 1.44 bits per heavy atom. The first-order valence-corrected chi connectivity index (χ1v) is 5.67. The molecule has 0 saturated carbocycles. The molecular weight excluding hydrogens is 236 g/mol. The highest BCUT2D eigenvalue weighted by Crippen LogP contribution is 2.34. The molecular formula is C12H14N2O4. The number of rotatable bonds is 3. The van der Waals surface area contributed by atoms with Gasteiger partial charge < -0.3 is 10.1 Å². The molecule has 2 atom stereocenters. The quantitative estimate of drug-likeness (QED) is 0.493. The Balaban J connectivity index is 2.36. The van der Waals surface area contributed by atoms with Crippen LogP contribution in [0.1, 0.15) is 11.5 Å². The van der Waals surface area contributed by atoms with E-state index in [9.17, 15) is 14.9 Å². The molecule has 1 aliphatic rings. The summed E-state index contributed by atoms with van der Waals surface area (Å²) in [5.74, 6) is -0.904. The Morgan fingerprint density at radius 3 is 2.83 bits per heavy atom. The lowest BCUT2D eigenvalue weighted by atomic mass is 9.88. The summed E-state index contributed by atoms with van der Waals surface area (Å²) < 4.78 is 4.74. The fourth-order valence-corrected chi connectivity index (χ4v) is 2.37. The van der Waals surface area contributed by atoms with E-state index in [4.69, 9.17) is 4.74 Å². The van der Waals surface area contributed by atoms with E-state index in [0.717, 1.165) is 0 Å². The molecule has 0 bridgehead atoms. The highest BCUT2D eigenvalue weighted by Gasteiger charge is 2.37. The Morgan fingerprint density at radius 2 is 2.17 bits per heavy atom. The first kappa shape index (κ1) is 12.5. The van der Waals surface area contributed by atoms with Crippen molar-refractivity contribution in [1.82, 2.24) is 5.32 Å². The number of hydrogen-bond acceptors (Lipinski definition) is 5. The highest BCUT2D eigenvalue weighted by atomic mass is 16.6. The molecule has 0 radical (unpaired) electrons. The third-order valence-electron chi connectivity index (χ3n) is 3.25. The Kier molecular flexibility index (Phi) is 3.57. The molecule has 18 heavy (non-hydrogen) atoms. The summed E-state index contributed by atoms with van der Waals surface area (Å²) in [6.45, 7) is 1.04. The number of esters is 1. The van der Waals surface area contributed by atoms with E-state index < -0.39 is 4.92 Å². The van der Waals surface area contributed by atoms with E-state index in [1.807, 2.05) is 0 Å². The zero-order valence-electron chi connectivity index (χ0n) is 9.96. The highest BCUT2D eigenvalue weighted by molar-refractivity contribution is 5.75. The van der Waals surface area contributed by atoms with Gasteiger partial charge in [0.15, 0.2) is 0 Å². The minimum Gasteiger partial charge on any atom is -0.469 e. The first-order valence-electron chi connectivity index (χ1n) is 5.67. The molecule has 96 valence electrons. The van der Waals surface area contributed by atoms with Crippen LogP contribution < -0.4 is 5.32 Å². The molecule has 0 spiro atoms. The molecule has 1 heterocycles. The number of nitro groups is 1. The maximum atomic E-state index is 11.6. The van der Waals surface area contributed by atoms with Crippen molar-refractivity contribution in [2.24, 2.45) is 5.92 Å². The van der Waals surface area contributed by atoms with Gasteiger partial charge in [0, 0.05) is 30.6 Å². The molecule has 0 unspecified atom stereocenters. The molecule has 0 aliphatic carbocycles. The maximum absolute atomic E-state index is 11.6. The summed E-state index contributed by atoms with van der Waals surface area (Å²) >= 11 is 0. The van der Waals surface area contributed by atoms with Gasteiger partial charge in [0.05, 0.1) is 18.0 Å². The standard InChI is InChI=1S/C12H14N2O4/c1-18-12(15)10-7-13-6-9(10)8-4-2-3-5-11(8)14(16)17/h2-5,9-10,13H,6-7H2,1H3/t9-,10+/m1/s1. The molecule has 1 N–H and O–H groups in total. The molecule has 2 rings (SSSR count). The molecule has 1 aromatic rings. The van der Waals surface area contributed by atoms with Crippen LogP contribution in [0.5, 0.6) is 0 Å². The van der Waals surface area contributed by atoms with Crippen LogP contribution in [0.4, 0.5) is 5.69 Å². The number of carbonyl (C=O) groups is 1. The summed E-state index contributed by atoms with van der Waals surface area (Å²) in [6.07, 6.45) is 0. The molecule has 0 amide bonds. The van der Waals surface area contributed by atoms with Crippen LogP contribution in [0.25, 0.3) is 0 Å². The van der Waals surface area contributed by atoms with Gasteiger partial charge in [-0.05, 0) is 0 Å². The maximum Gasteiger partial charge on any atom is 0.310 e. The molecule has 1 aliphatic heterocycles. The number of ether oxygens (including phenoxy) is 1. The molecule has 1 fully saturated rings. The predicted octanol–water partition coefficient (Wildman–Crippen LogP) is 1.07. The Bertz CT molecular complexity index is 475. The smallest absolute Gasteiger partial charge is 0.310 e. The van der Waals surface area contributed by atoms with Gasteiger partial charge in [-0.25, -0.2) is 0 Å². The van der Waals surface area contributed by atoms with Crippen LogP contribution in [0.3, 0.4) is 0 Å². The van der Waals surface area contributed by atoms with Crippen molar-refractivity contribution in [3.63, 3.8) is 0 Å². The summed E-state index contributed by atoms with van der Waals surface area (Å²) in [7, 11) is 1.33. The second-order valence-corrected chi connectivity index (χ2v) is 4.21. The lowest BCUT2D eigenvalue weighted by Gasteiger charge is -2.16. The summed E-state index contributed by atoms with van der Waals surface area (Å²) in [5.41, 5.74) is 0.642. The number of hydrogen-bond donors (Lipinski definition) is 1. The van der Waals surface area contributed by atoms with Crippen molar-refractivity contribution >= 4 is 11.7 Å². The van der Waals surface area contributed by atoms with E-state index in [-0.39, 0.29) is 23.5 Å². The van der Waals surface area contributed by atoms with Crippen LogP contribution in [0, 0.1) is 16.0 Å². The lowest BCUT2D eigenvalue weighted by molar-refractivity contribution is -0.385. The second-order valence-electron chi connectivity index (χ2n) is 4.21. The number of methoxy groups -OCH3 is 1. The Labute approximate surface area is 104 Å². The van der Waals surface area contributed by atoms with Crippen LogP contribution >= 0.6 is 0 Å². The predicted molar refractivity (Wildman–Crippen MR) is 64.2 cm³/mol. The minimum absolute atomic E-state index is 0.0557. The van der Waals surface area contributed by atoms with Gasteiger partial charge in [-0.2, -0.15) is 0 Å². The number of nitrogens with one attached hydrogen (secondary N) is 1. The van der Waals surface area contributed by atoms with Gasteiger partial charge in [0.1, 0.15) is 0 Å². The van der Waals surface area contributed by atoms with Gasteiger partial charge in [0.25, 0.3) is 5.69 Å². The number of carbonyl (C=O) groups excluding carboxylic acids is 1. The number of nitro benzene ring substituents is 1. The van der Waals surface area contributed by atoms with Crippen LogP contribution in [0.2, 0.25) is 0 Å². The number of benzene rings is 1. The monoisotopic (exact) mass is 250 g/mol. The minimum atomic E-state index is -0.415. The van der Waals surface area contributed by atoms with E-state index in [1.165, 1.54) is 13.2 Å². The van der Waals surface area contributed by atoms with Crippen LogP contribution in [-0.4, -0.2) is 31.1 Å².